The normalized spacial score (nSPS) is 9.93. The maximum absolute atomic E-state index is 2.19. The van der Waals surface area contributed by atoms with Gasteiger partial charge in [-0.3, -0.25) is 0 Å². The monoisotopic (exact) mass is 387 g/mol. The molecule has 4 rings (SSSR count). The summed E-state index contributed by atoms with van der Waals surface area (Å²) in [5.41, 5.74) is 7.40. The minimum Gasteiger partial charge on any atom is -0.0622 e. The Morgan fingerprint density at radius 1 is 0.296 bits per heavy atom. The summed E-state index contributed by atoms with van der Waals surface area (Å²) in [6, 6.07) is 42.6. The third kappa shape index (κ3) is 4.28. The predicted molar refractivity (Wildman–Crippen MR) is 111 cm³/mol. The smallest absolute Gasteiger partial charge is 0 e. The Kier molecular flexibility index (Phi) is 6.44. The van der Waals surface area contributed by atoms with Crippen LogP contribution in [0.5, 0.6) is 0 Å². The Balaban J connectivity index is 0.00000210. The predicted octanol–water partition coefficient (Wildman–Crippen LogP) is 6.69. The topological polar surface area (TPSA) is 0 Å². The molecule has 0 atom stereocenters. The van der Waals surface area contributed by atoms with E-state index in [2.05, 4.69) is 121 Å². The van der Waals surface area contributed by atoms with Gasteiger partial charge >= 0.3 is 0 Å². The van der Waals surface area contributed by atoms with Crippen LogP contribution in [0.3, 0.4) is 0 Å². The van der Waals surface area contributed by atoms with Crippen molar-refractivity contribution in [2.45, 2.75) is 0 Å². The molecule has 0 aliphatic carbocycles. The molecule has 0 heterocycles. The Labute approximate surface area is 171 Å². The molecule has 131 valence electrons. The van der Waals surface area contributed by atoms with E-state index in [0.29, 0.717) is 0 Å². The molecule has 0 spiro atoms. The molecule has 0 N–H and O–H groups in total. The Hall–Kier alpha value is -2.86. The number of hydrogen-bond donors (Lipinski definition) is 0. The quantitative estimate of drug-likeness (QED) is 0.270. The molecule has 27 heavy (non-hydrogen) atoms. The summed E-state index contributed by atoms with van der Waals surface area (Å²) < 4.78 is 0. The zero-order valence-corrected chi connectivity index (χ0v) is 16.1. The van der Waals surface area contributed by atoms with Gasteiger partial charge in [-0.2, -0.15) is 0 Å². The van der Waals surface area contributed by atoms with Gasteiger partial charge in [-0.1, -0.05) is 121 Å². The molecule has 0 aromatic heterocycles. The van der Waals surface area contributed by atoms with Crippen molar-refractivity contribution in [3.8, 4) is 0 Å². The molecule has 0 unspecified atom stereocenters. The Bertz CT molecular complexity index is 821. The fourth-order valence-corrected chi connectivity index (χ4v) is 3.33. The summed E-state index contributed by atoms with van der Waals surface area (Å²) in [4.78, 5) is 0. The number of benzene rings is 4. The van der Waals surface area contributed by atoms with E-state index in [1.54, 1.807) is 0 Å². The van der Waals surface area contributed by atoms with Crippen molar-refractivity contribution in [2.75, 3.05) is 0 Å². The zero-order chi connectivity index (χ0) is 17.6. The van der Waals surface area contributed by atoms with Crippen molar-refractivity contribution < 1.29 is 17.1 Å². The molecule has 0 nitrogen and oxygen atoms in total. The molecule has 0 fully saturated rings. The van der Waals surface area contributed by atoms with Crippen LogP contribution in [-0.4, -0.2) is 0 Å². The fraction of sp³-hybridized carbons (Fsp3) is 0. The first kappa shape index (κ1) is 18.9. The standard InChI is InChI=1S/C26H20.Mn/c1-5-13-21(14-6-1)25(22-15-7-2-8-16-22)26(23-17-9-3-10-18-23)24-19-11-4-12-20-24;/h1-20H;. The van der Waals surface area contributed by atoms with Crippen molar-refractivity contribution in [2.24, 2.45) is 0 Å². The summed E-state index contributed by atoms with van der Waals surface area (Å²) in [7, 11) is 0. The van der Waals surface area contributed by atoms with Crippen LogP contribution in [0.2, 0.25) is 0 Å². The van der Waals surface area contributed by atoms with Crippen LogP contribution in [0.1, 0.15) is 22.3 Å². The van der Waals surface area contributed by atoms with Crippen molar-refractivity contribution in [1.29, 1.82) is 0 Å². The van der Waals surface area contributed by atoms with E-state index in [0.717, 1.165) is 0 Å². The van der Waals surface area contributed by atoms with Crippen LogP contribution in [0, 0.1) is 0 Å². The summed E-state index contributed by atoms with van der Waals surface area (Å²) >= 11 is 0. The first-order chi connectivity index (χ1) is 12.9. The van der Waals surface area contributed by atoms with E-state index < -0.39 is 0 Å². The fourth-order valence-electron chi connectivity index (χ4n) is 3.33. The van der Waals surface area contributed by atoms with Gasteiger partial charge in [-0.25, -0.2) is 0 Å². The van der Waals surface area contributed by atoms with Gasteiger partial charge in [0.2, 0.25) is 0 Å². The number of hydrogen-bond acceptors (Lipinski definition) is 0. The summed E-state index contributed by atoms with van der Waals surface area (Å²) in [5, 5.41) is 0. The Morgan fingerprint density at radius 2 is 0.481 bits per heavy atom. The van der Waals surface area contributed by atoms with E-state index in [1.165, 1.54) is 33.4 Å². The second-order valence-electron chi connectivity index (χ2n) is 6.21. The molecule has 0 aliphatic heterocycles. The third-order valence-corrected chi connectivity index (χ3v) is 4.50. The molecule has 4 aromatic rings. The first-order valence-electron chi connectivity index (χ1n) is 8.89. The van der Waals surface area contributed by atoms with Crippen LogP contribution in [-0.2, 0) is 17.1 Å². The maximum Gasteiger partial charge on any atom is 0 e. The van der Waals surface area contributed by atoms with Crippen LogP contribution < -0.4 is 0 Å². The van der Waals surface area contributed by atoms with E-state index >= 15 is 0 Å². The van der Waals surface area contributed by atoms with Gasteiger partial charge in [-0.15, -0.1) is 0 Å². The maximum atomic E-state index is 2.19. The van der Waals surface area contributed by atoms with Gasteiger partial charge in [0.1, 0.15) is 0 Å². The van der Waals surface area contributed by atoms with Crippen molar-refractivity contribution in [3.63, 3.8) is 0 Å². The van der Waals surface area contributed by atoms with Crippen LogP contribution in [0.25, 0.3) is 11.1 Å². The van der Waals surface area contributed by atoms with Crippen LogP contribution in [0.4, 0.5) is 0 Å². The van der Waals surface area contributed by atoms with E-state index in [1.807, 2.05) is 0 Å². The zero-order valence-electron chi connectivity index (χ0n) is 14.9. The molecule has 0 bridgehead atoms. The first-order valence-corrected chi connectivity index (χ1v) is 8.89. The second kappa shape index (κ2) is 9.19. The average molecular weight is 387 g/mol. The van der Waals surface area contributed by atoms with Crippen molar-refractivity contribution >= 4 is 11.1 Å². The van der Waals surface area contributed by atoms with Gasteiger partial charge in [0, 0.05) is 17.1 Å². The third-order valence-electron chi connectivity index (χ3n) is 4.50. The molecule has 0 saturated carbocycles. The average Bonchev–Trinajstić information content (AvgIpc) is 2.74. The number of rotatable bonds is 4. The molecular formula is C26H20Mn. The van der Waals surface area contributed by atoms with E-state index in [4.69, 9.17) is 0 Å². The van der Waals surface area contributed by atoms with Crippen LogP contribution >= 0.6 is 0 Å². The van der Waals surface area contributed by atoms with E-state index in [9.17, 15) is 0 Å². The van der Waals surface area contributed by atoms with Crippen molar-refractivity contribution in [1.82, 2.24) is 0 Å². The van der Waals surface area contributed by atoms with Gasteiger partial charge in [0.15, 0.2) is 0 Å². The van der Waals surface area contributed by atoms with Gasteiger partial charge in [0.05, 0.1) is 0 Å². The molecule has 1 radical (unpaired) electrons. The largest absolute Gasteiger partial charge is 0.0622 e. The minimum atomic E-state index is 0. The molecule has 4 aromatic carbocycles. The van der Waals surface area contributed by atoms with Gasteiger partial charge in [-0.05, 0) is 33.4 Å². The van der Waals surface area contributed by atoms with E-state index in [-0.39, 0.29) is 17.1 Å². The molecule has 0 saturated heterocycles. The molecule has 1 heteroatoms. The Morgan fingerprint density at radius 3 is 0.667 bits per heavy atom. The van der Waals surface area contributed by atoms with Gasteiger partial charge < -0.3 is 0 Å². The molecule has 0 amide bonds. The minimum absolute atomic E-state index is 0. The van der Waals surface area contributed by atoms with Gasteiger partial charge in [0.25, 0.3) is 0 Å². The van der Waals surface area contributed by atoms with Crippen molar-refractivity contribution in [3.05, 3.63) is 144 Å². The SMILES string of the molecule is [Mn].c1ccc(C(=C(c2ccccc2)c2ccccc2)c2ccccc2)cc1. The molecule has 0 aliphatic rings. The second-order valence-corrected chi connectivity index (χ2v) is 6.21. The summed E-state index contributed by atoms with van der Waals surface area (Å²) in [5.74, 6) is 0. The summed E-state index contributed by atoms with van der Waals surface area (Å²) in [6.45, 7) is 0. The van der Waals surface area contributed by atoms with Crippen LogP contribution in [0.15, 0.2) is 121 Å². The molecular weight excluding hydrogens is 367 g/mol. The summed E-state index contributed by atoms with van der Waals surface area (Å²) in [6.07, 6.45) is 0.